The number of hydrogen-bond acceptors (Lipinski definition) is 7. The molecule has 3 aromatic rings. The largest absolute Gasteiger partial charge is 0.480 e. The molecule has 2 heterocycles. The van der Waals surface area contributed by atoms with Crippen LogP contribution in [0.15, 0.2) is 45.9 Å². The molecule has 1 aromatic carbocycles. The number of nitrogens with one attached hydrogen (secondary N) is 1. The maximum Gasteiger partial charge on any atom is 0.268 e. The number of sulfonamides is 1. The van der Waals surface area contributed by atoms with Gasteiger partial charge >= 0.3 is 0 Å². The molecule has 0 bridgehead atoms. The molecular weight excluding hydrogens is 394 g/mol. The standard InChI is InChI=1S/C20H19N3O5S/c1-27-19-16(3-2-8-21-19)29(25,26)23-18-14-10-20(6-7-20)15-5-4-12(11-24)9-13(15)17(14)28-22-18/h2-5,8-9,24H,6-7,10-11H2,1H3,(H,22,23). The van der Waals surface area contributed by atoms with Crippen LogP contribution in [0.3, 0.4) is 0 Å². The van der Waals surface area contributed by atoms with Gasteiger partial charge in [0, 0.05) is 22.7 Å². The van der Waals surface area contributed by atoms with Crippen LogP contribution < -0.4 is 9.46 Å². The second-order valence-corrected chi connectivity index (χ2v) is 9.10. The molecule has 9 heteroatoms. The summed E-state index contributed by atoms with van der Waals surface area (Å²) in [6, 6.07) is 8.79. The summed E-state index contributed by atoms with van der Waals surface area (Å²) in [4.78, 5) is 3.88. The molecule has 0 aliphatic heterocycles. The molecule has 150 valence electrons. The minimum atomic E-state index is -3.97. The van der Waals surface area contributed by atoms with Crippen molar-refractivity contribution in [3.05, 3.63) is 53.2 Å². The van der Waals surface area contributed by atoms with Crippen molar-refractivity contribution in [2.75, 3.05) is 11.8 Å². The van der Waals surface area contributed by atoms with E-state index >= 15 is 0 Å². The van der Waals surface area contributed by atoms with Crippen molar-refractivity contribution in [1.29, 1.82) is 0 Å². The third-order valence-corrected chi connectivity index (χ3v) is 7.04. The number of hydrogen-bond donors (Lipinski definition) is 2. The van der Waals surface area contributed by atoms with E-state index < -0.39 is 10.0 Å². The fourth-order valence-corrected chi connectivity index (χ4v) is 5.20. The van der Waals surface area contributed by atoms with E-state index in [0.717, 1.165) is 29.5 Å². The topological polar surface area (TPSA) is 115 Å². The molecule has 0 atom stereocenters. The normalized spacial score (nSPS) is 16.2. The zero-order chi connectivity index (χ0) is 20.2. The lowest BCUT2D eigenvalue weighted by atomic mass is 9.79. The summed E-state index contributed by atoms with van der Waals surface area (Å²) in [7, 11) is -2.60. The van der Waals surface area contributed by atoms with Gasteiger partial charge in [-0.3, -0.25) is 4.72 Å². The van der Waals surface area contributed by atoms with E-state index in [4.69, 9.17) is 9.26 Å². The van der Waals surface area contributed by atoms with Crippen LogP contribution in [0.1, 0.15) is 29.5 Å². The maximum absolute atomic E-state index is 12.9. The fourth-order valence-electron chi connectivity index (χ4n) is 4.05. The van der Waals surface area contributed by atoms with Gasteiger partial charge in [0.2, 0.25) is 5.88 Å². The molecule has 29 heavy (non-hydrogen) atoms. The Labute approximate surface area is 167 Å². The number of fused-ring (bicyclic) bond motifs is 4. The molecule has 0 amide bonds. The Morgan fingerprint density at radius 3 is 2.86 bits per heavy atom. The van der Waals surface area contributed by atoms with E-state index in [1.807, 2.05) is 18.2 Å². The van der Waals surface area contributed by atoms with Crippen LogP contribution in [-0.4, -0.2) is 30.8 Å². The van der Waals surface area contributed by atoms with Crippen molar-refractivity contribution >= 4 is 15.8 Å². The number of aliphatic hydroxyl groups excluding tert-OH is 1. The van der Waals surface area contributed by atoms with Crippen molar-refractivity contribution < 1.29 is 22.8 Å². The molecule has 0 unspecified atom stereocenters. The minimum Gasteiger partial charge on any atom is -0.480 e. The Morgan fingerprint density at radius 1 is 1.31 bits per heavy atom. The van der Waals surface area contributed by atoms with E-state index in [9.17, 15) is 13.5 Å². The summed E-state index contributed by atoms with van der Waals surface area (Å²) >= 11 is 0. The zero-order valence-electron chi connectivity index (χ0n) is 15.7. The molecule has 8 nitrogen and oxygen atoms in total. The van der Waals surface area contributed by atoms with Gasteiger partial charge in [-0.1, -0.05) is 17.3 Å². The van der Waals surface area contributed by atoms with Crippen molar-refractivity contribution in [3.8, 4) is 17.2 Å². The molecule has 1 fully saturated rings. The monoisotopic (exact) mass is 413 g/mol. The quantitative estimate of drug-likeness (QED) is 0.661. The van der Waals surface area contributed by atoms with Gasteiger partial charge in [0.15, 0.2) is 11.6 Å². The average Bonchev–Trinajstić information content (AvgIpc) is 3.40. The number of benzene rings is 1. The highest BCUT2D eigenvalue weighted by Crippen LogP contribution is 2.58. The summed E-state index contributed by atoms with van der Waals surface area (Å²) in [6.45, 7) is -0.0793. The van der Waals surface area contributed by atoms with Crippen molar-refractivity contribution in [2.24, 2.45) is 0 Å². The summed E-state index contributed by atoms with van der Waals surface area (Å²) in [5, 5.41) is 13.5. The van der Waals surface area contributed by atoms with Gasteiger partial charge in [-0.05, 0) is 48.6 Å². The van der Waals surface area contributed by atoms with E-state index in [0.29, 0.717) is 12.2 Å². The number of ether oxygens (including phenoxy) is 1. The maximum atomic E-state index is 12.9. The van der Waals surface area contributed by atoms with Gasteiger partial charge in [-0.15, -0.1) is 0 Å². The van der Waals surface area contributed by atoms with Crippen LogP contribution in [0.2, 0.25) is 0 Å². The number of aromatic nitrogens is 2. The first-order valence-electron chi connectivity index (χ1n) is 9.22. The highest BCUT2D eigenvalue weighted by molar-refractivity contribution is 7.92. The van der Waals surface area contributed by atoms with Crippen LogP contribution >= 0.6 is 0 Å². The Morgan fingerprint density at radius 2 is 2.14 bits per heavy atom. The number of nitrogens with zero attached hydrogens (tertiary/aromatic N) is 2. The first kappa shape index (κ1) is 18.1. The number of anilines is 1. The Hall–Kier alpha value is -2.91. The summed E-state index contributed by atoms with van der Waals surface area (Å²) in [5.41, 5.74) is 3.52. The van der Waals surface area contributed by atoms with Crippen molar-refractivity contribution in [1.82, 2.24) is 10.1 Å². The van der Waals surface area contributed by atoms with Gasteiger partial charge in [0.05, 0.1) is 13.7 Å². The zero-order valence-corrected chi connectivity index (χ0v) is 16.5. The predicted octanol–water partition coefficient (Wildman–Crippen LogP) is 2.63. The molecule has 0 radical (unpaired) electrons. The van der Waals surface area contributed by atoms with E-state index in [-0.39, 0.29) is 28.6 Å². The van der Waals surface area contributed by atoms with Gasteiger partial charge in [-0.25, -0.2) is 13.4 Å². The first-order valence-corrected chi connectivity index (χ1v) is 10.7. The van der Waals surface area contributed by atoms with Gasteiger partial charge in [-0.2, -0.15) is 0 Å². The summed E-state index contributed by atoms with van der Waals surface area (Å²) < 4.78 is 39.1. The molecule has 5 rings (SSSR count). The van der Waals surface area contributed by atoms with Crippen molar-refractivity contribution in [2.45, 2.75) is 36.2 Å². The SMILES string of the molecule is COc1ncccc1S(=O)(=O)Nc1noc2c1CC1(CC1)c1ccc(CO)cc1-2. The van der Waals surface area contributed by atoms with Gasteiger partial charge in [0.25, 0.3) is 10.0 Å². The second kappa shape index (κ2) is 6.30. The molecule has 1 spiro atoms. The second-order valence-electron chi connectivity index (χ2n) is 7.45. The van der Waals surface area contributed by atoms with E-state index in [1.165, 1.54) is 31.0 Å². The van der Waals surface area contributed by atoms with Gasteiger partial charge < -0.3 is 14.4 Å². The predicted molar refractivity (Wildman–Crippen MR) is 104 cm³/mol. The minimum absolute atomic E-state index is 0.00830. The molecule has 2 N–H and O–H groups in total. The summed E-state index contributed by atoms with van der Waals surface area (Å²) in [6.07, 6.45) is 4.15. The molecular formula is C20H19N3O5S. The smallest absolute Gasteiger partial charge is 0.268 e. The van der Waals surface area contributed by atoms with Crippen LogP contribution in [0.4, 0.5) is 5.82 Å². The fraction of sp³-hybridized carbons (Fsp3) is 0.300. The van der Waals surface area contributed by atoms with Crippen molar-refractivity contribution in [3.63, 3.8) is 0 Å². The number of aliphatic hydroxyl groups is 1. The summed E-state index contributed by atoms with van der Waals surface area (Å²) in [5.74, 6) is 0.731. The lowest BCUT2D eigenvalue weighted by Crippen LogP contribution is -2.20. The lowest BCUT2D eigenvalue weighted by Gasteiger charge is -2.25. The van der Waals surface area contributed by atoms with E-state index in [2.05, 4.69) is 14.9 Å². The molecule has 2 aliphatic carbocycles. The number of rotatable bonds is 5. The number of methoxy groups -OCH3 is 1. The van der Waals surface area contributed by atoms with E-state index in [1.54, 1.807) is 0 Å². The Bertz CT molecular complexity index is 1210. The lowest BCUT2D eigenvalue weighted by molar-refractivity contribution is 0.282. The Balaban J connectivity index is 1.58. The van der Waals surface area contributed by atoms with Crippen LogP contribution in [0.25, 0.3) is 11.3 Å². The molecule has 0 saturated heterocycles. The molecule has 2 aromatic heterocycles. The van der Waals surface area contributed by atoms with Crippen LogP contribution in [0, 0.1) is 0 Å². The van der Waals surface area contributed by atoms with Crippen LogP contribution in [-0.2, 0) is 28.5 Å². The average molecular weight is 413 g/mol. The third-order valence-electron chi connectivity index (χ3n) is 5.69. The Kier molecular flexibility index (Phi) is 3.94. The first-order chi connectivity index (χ1) is 14.0. The van der Waals surface area contributed by atoms with Gasteiger partial charge in [0.1, 0.15) is 4.90 Å². The highest BCUT2D eigenvalue weighted by atomic mass is 32.2. The molecule has 2 aliphatic rings. The number of pyridine rings is 1. The highest BCUT2D eigenvalue weighted by Gasteiger charge is 2.50. The van der Waals surface area contributed by atoms with Crippen LogP contribution in [0.5, 0.6) is 5.88 Å². The third kappa shape index (κ3) is 2.80. The molecule has 1 saturated carbocycles.